The molecule has 0 N–H and O–H groups in total. The largest absolute Gasteiger partial charge is 0.308 e. The monoisotopic (exact) mass is 237 g/mol. The maximum atomic E-state index is 12.1. The lowest BCUT2D eigenvalue weighted by Crippen LogP contribution is -2.45. The van der Waals surface area contributed by atoms with Gasteiger partial charge in [-0.1, -0.05) is 18.2 Å². The molecular weight excluding hydrogens is 222 g/mol. The van der Waals surface area contributed by atoms with Crippen LogP contribution in [0.25, 0.3) is 0 Å². The van der Waals surface area contributed by atoms with Crippen LogP contribution in [0.4, 0.5) is 5.69 Å². The molecule has 1 aromatic rings. The smallest absolute Gasteiger partial charge is 0.245 e. The number of hydrogen-bond acceptors (Lipinski definition) is 1. The molecule has 1 amide bonds. The summed E-state index contributed by atoms with van der Waals surface area (Å²) in [6.07, 6.45) is 2.05. The van der Waals surface area contributed by atoms with Gasteiger partial charge in [0.25, 0.3) is 0 Å². The number of para-hydroxylation sites is 1. The molecule has 1 aliphatic rings. The van der Waals surface area contributed by atoms with E-state index in [2.05, 4.69) is 13.0 Å². The average Bonchev–Trinajstić information content (AvgIpc) is 2.28. The Balaban J connectivity index is 2.40. The molecule has 2 rings (SSSR count). The topological polar surface area (TPSA) is 20.3 Å². The second-order valence-electron chi connectivity index (χ2n) is 4.34. The van der Waals surface area contributed by atoms with Crippen LogP contribution in [-0.4, -0.2) is 17.3 Å². The molecule has 0 bridgehead atoms. The van der Waals surface area contributed by atoms with Gasteiger partial charge in [0.1, 0.15) is 5.38 Å². The number of hydrogen-bond donors (Lipinski definition) is 0. The van der Waals surface area contributed by atoms with Gasteiger partial charge in [0, 0.05) is 11.7 Å². The molecule has 0 aromatic heterocycles. The number of amides is 1. The van der Waals surface area contributed by atoms with Crippen LogP contribution in [0.1, 0.15) is 25.8 Å². The molecule has 86 valence electrons. The molecule has 0 radical (unpaired) electrons. The maximum Gasteiger partial charge on any atom is 0.245 e. The number of alkyl halides is 1. The van der Waals surface area contributed by atoms with E-state index in [0.29, 0.717) is 0 Å². The molecule has 0 fully saturated rings. The molecule has 0 unspecified atom stereocenters. The van der Waals surface area contributed by atoms with E-state index >= 15 is 0 Å². The fourth-order valence-electron chi connectivity index (χ4n) is 2.22. The lowest BCUT2D eigenvalue weighted by molar-refractivity contribution is -0.118. The van der Waals surface area contributed by atoms with Gasteiger partial charge in [0.2, 0.25) is 5.91 Å². The Kier molecular flexibility index (Phi) is 3.20. The first-order valence-corrected chi connectivity index (χ1v) is 6.10. The Morgan fingerprint density at radius 3 is 2.88 bits per heavy atom. The van der Waals surface area contributed by atoms with E-state index in [1.807, 2.05) is 23.1 Å². The summed E-state index contributed by atoms with van der Waals surface area (Å²) in [6, 6.07) is 8.31. The van der Waals surface area contributed by atoms with Gasteiger partial charge in [0.05, 0.1) is 0 Å². The van der Waals surface area contributed by atoms with Crippen molar-refractivity contribution in [2.45, 2.75) is 38.1 Å². The Bertz CT molecular complexity index is 403. The van der Waals surface area contributed by atoms with Gasteiger partial charge in [-0.15, -0.1) is 11.6 Å². The molecule has 3 heteroatoms. The second kappa shape index (κ2) is 4.46. The molecule has 1 aromatic carbocycles. The van der Waals surface area contributed by atoms with E-state index in [1.54, 1.807) is 6.92 Å². The van der Waals surface area contributed by atoms with Crippen LogP contribution in [0.5, 0.6) is 0 Å². The molecule has 16 heavy (non-hydrogen) atoms. The van der Waals surface area contributed by atoms with Crippen molar-refractivity contribution in [3.63, 3.8) is 0 Å². The fraction of sp³-hybridized carbons (Fsp3) is 0.462. The summed E-state index contributed by atoms with van der Waals surface area (Å²) >= 11 is 5.90. The number of carbonyl (C=O) groups excluding carboxylic acids is 1. The van der Waals surface area contributed by atoms with Crippen LogP contribution in [0, 0.1) is 0 Å². The summed E-state index contributed by atoms with van der Waals surface area (Å²) < 4.78 is 0. The van der Waals surface area contributed by atoms with Gasteiger partial charge in [-0.05, 0) is 38.3 Å². The number of nitrogens with zero attached hydrogens (tertiary/aromatic N) is 1. The number of carbonyl (C=O) groups is 1. The van der Waals surface area contributed by atoms with Crippen LogP contribution < -0.4 is 4.90 Å². The highest BCUT2D eigenvalue weighted by Crippen LogP contribution is 2.31. The first-order valence-electron chi connectivity index (χ1n) is 5.66. The van der Waals surface area contributed by atoms with Crippen molar-refractivity contribution < 1.29 is 4.79 Å². The number of benzene rings is 1. The maximum absolute atomic E-state index is 12.1. The summed E-state index contributed by atoms with van der Waals surface area (Å²) in [5.41, 5.74) is 2.27. The molecule has 0 saturated carbocycles. The first kappa shape index (κ1) is 11.5. The molecule has 1 aliphatic heterocycles. The number of anilines is 1. The van der Waals surface area contributed by atoms with Crippen molar-refractivity contribution in [1.82, 2.24) is 0 Å². The van der Waals surface area contributed by atoms with Gasteiger partial charge in [-0.3, -0.25) is 4.79 Å². The SMILES string of the molecule is C[C@H](Cl)C(=O)N1c2ccccc2CC[C@@H]1C. The third kappa shape index (κ3) is 1.94. The standard InChI is InChI=1S/C13H16ClNO/c1-9-7-8-11-5-3-4-6-12(11)15(9)13(16)10(2)14/h3-6,9-10H,7-8H2,1-2H3/t9-,10-/m0/s1. The molecular formula is C13H16ClNO. The lowest BCUT2D eigenvalue weighted by Gasteiger charge is -2.36. The van der Waals surface area contributed by atoms with E-state index < -0.39 is 5.38 Å². The first-order chi connectivity index (χ1) is 7.61. The van der Waals surface area contributed by atoms with Gasteiger partial charge in [-0.2, -0.15) is 0 Å². The molecule has 0 aliphatic carbocycles. The summed E-state index contributed by atoms with van der Waals surface area (Å²) in [5.74, 6) is 0.00122. The third-order valence-electron chi connectivity index (χ3n) is 3.10. The summed E-state index contributed by atoms with van der Waals surface area (Å²) in [7, 11) is 0. The highest BCUT2D eigenvalue weighted by Gasteiger charge is 2.29. The quantitative estimate of drug-likeness (QED) is 0.688. The normalized spacial score (nSPS) is 21.4. The highest BCUT2D eigenvalue weighted by molar-refractivity contribution is 6.32. The number of rotatable bonds is 1. The Morgan fingerprint density at radius 2 is 2.19 bits per heavy atom. The Hall–Kier alpha value is -1.02. The lowest BCUT2D eigenvalue weighted by atomic mass is 9.96. The summed E-state index contributed by atoms with van der Waals surface area (Å²) in [4.78, 5) is 13.9. The van der Waals surface area contributed by atoms with Crippen molar-refractivity contribution in [2.24, 2.45) is 0 Å². The highest BCUT2D eigenvalue weighted by atomic mass is 35.5. The van der Waals surface area contributed by atoms with Gasteiger partial charge in [0.15, 0.2) is 0 Å². The van der Waals surface area contributed by atoms with Crippen molar-refractivity contribution in [1.29, 1.82) is 0 Å². The third-order valence-corrected chi connectivity index (χ3v) is 3.29. The van der Waals surface area contributed by atoms with E-state index in [1.165, 1.54) is 5.56 Å². The predicted octanol–water partition coefficient (Wildman–Crippen LogP) is 2.98. The predicted molar refractivity (Wildman–Crippen MR) is 67.0 cm³/mol. The molecule has 2 nitrogen and oxygen atoms in total. The van der Waals surface area contributed by atoms with Crippen LogP contribution in [0.3, 0.4) is 0 Å². The van der Waals surface area contributed by atoms with Crippen LogP contribution >= 0.6 is 11.6 Å². The van der Waals surface area contributed by atoms with Crippen molar-refractivity contribution >= 4 is 23.2 Å². The second-order valence-corrected chi connectivity index (χ2v) is 5.00. The van der Waals surface area contributed by atoms with Gasteiger partial charge in [-0.25, -0.2) is 0 Å². The van der Waals surface area contributed by atoms with Crippen LogP contribution in [0.2, 0.25) is 0 Å². The zero-order chi connectivity index (χ0) is 11.7. The summed E-state index contributed by atoms with van der Waals surface area (Å²) in [6.45, 7) is 3.81. The minimum absolute atomic E-state index is 0.00122. The van der Waals surface area contributed by atoms with E-state index in [-0.39, 0.29) is 11.9 Å². The van der Waals surface area contributed by atoms with Crippen LogP contribution in [0.15, 0.2) is 24.3 Å². The minimum Gasteiger partial charge on any atom is -0.308 e. The van der Waals surface area contributed by atoms with Crippen molar-refractivity contribution in [3.05, 3.63) is 29.8 Å². The van der Waals surface area contributed by atoms with Gasteiger partial charge < -0.3 is 4.90 Å². The Labute approximate surface area is 101 Å². The Morgan fingerprint density at radius 1 is 1.50 bits per heavy atom. The molecule has 1 heterocycles. The van der Waals surface area contributed by atoms with E-state index in [4.69, 9.17) is 11.6 Å². The van der Waals surface area contributed by atoms with E-state index in [9.17, 15) is 4.79 Å². The molecule has 0 spiro atoms. The average molecular weight is 238 g/mol. The van der Waals surface area contributed by atoms with Crippen molar-refractivity contribution in [2.75, 3.05) is 4.90 Å². The zero-order valence-electron chi connectivity index (χ0n) is 9.61. The molecule has 0 saturated heterocycles. The number of fused-ring (bicyclic) bond motifs is 1. The number of halogens is 1. The fourth-order valence-corrected chi connectivity index (χ4v) is 2.32. The number of aryl methyl sites for hydroxylation is 1. The van der Waals surface area contributed by atoms with Gasteiger partial charge >= 0.3 is 0 Å². The van der Waals surface area contributed by atoms with Crippen LogP contribution in [-0.2, 0) is 11.2 Å². The van der Waals surface area contributed by atoms with Crippen molar-refractivity contribution in [3.8, 4) is 0 Å². The molecule has 2 atom stereocenters. The minimum atomic E-state index is -0.464. The summed E-state index contributed by atoms with van der Waals surface area (Å²) in [5, 5.41) is -0.464. The zero-order valence-corrected chi connectivity index (χ0v) is 10.4. The van der Waals surface area contributed by atoms with E-state index in [0.717, 1.165) is 18.5 Å².